The molecular weight excluding hydrogens is 392 g/mol. The number of rotatable bonds is 6. The fraction of sp³-hybridized carbons (Fsp3) is 0.190. The number of nitrogens with one attached hydrogen (secondary N) is 1. The number of urea groups is 1. The van der Waals surface area contributed by atoms with Gasteiger partial charge in [0.25, 0.3) is 11.8 Å². The quantitative estimate of drug-likeness (QED) is 0.574. The van der Waals surface area contributed by atoms with Crippen LogP contribution in [-0.4, -0.2) is 46.3 Å². The van der Waals surface area contributed by atoms with Gasteiger partial charge in [0.1, 0.15) is 28.6 Å². The zero-order valence-electron chi connectivity index (χ0n) is 16.8. The summed E-state index contributed by atoms with van der Waals surface area (Å²) in [6.45, 7) is 0. The lowest BCUT2D eigenvalue weighted by Crippen LogP contribution is -2.54. The highest BCUT2D eigenvalue weighted by Crippen LogP contribution is 2.36. The van der Waals surface area contributed by atoms with E-state index in [1.807, 2.05) is 0 Å². The fourth-order valence-corrected chi connectivity index (χ4v) is 2.96. The van der Waals surface area contributed by atoms with Gasteiger partial charge in [-0.1, -0.05) is 6.07 Å². The van der Waals surface area contributed by atoms with Gasteiger partial charge in [-0.25, -0.2) is 9.69 Å². The van der Waals surface area contributed by atoms with Gasteiger partial charge in [-0.3, -0.25) is 14.9 Å². The largest absolute Gasteiger partial charge is 0.497 e. The zero-order valence-corrected chi connectivity index (χ0v) is 16.8. The Bertz CT molecular complexity index is 1020. The second-order valence-electron chi connectivity index (χ2n) is 6.10. The van der Waals surface area contributed by atoms with Crippen LogP contribution in [0.2, 0.25) is 0 Å². The maximum Gasteiger partial charge on any atom is 0.335 e. The standard InChI is InChI=1S/C21H20N2O7/c1-27-13-7-5-6-12(8-13)23-20(25)16(19(24)22-21(23)26)11-15-17(29-3)9-14(28-2)10-18(15)30-4/h5-11H,1-4H3,(H,22,24,26)/b16-11+. The molecule has 1 N–H and O–H groups in total. The molecule has 0 atom stereocenters. The van der Waals surface area contributed by atoms with Crippen LogP contribution in [0.5, 0.6) is 23.0 Å². The van der Waals surface area contributed by atoms with E-state index >= 15 is 0 Å². The van der Waals surface area contributed by atoms with Crippen molar-refractivity contribution in [1.29, 1.82) is 0 Å². The first-order valence-electron chi connectivity index (χ1n) is 8.79. The molecule has 1 aliphatic heterocycles. The van der Waals surface area contributed by atoms with E-state index in [4.69, 9.17) is 18.9 Å². The lowest BCUT2D eigenvalue weighted by Gasteiger charge is -2.26. The molecule has 30 heavy (non-hydrogen) atoms. The number of imide groups is 2. The molecule has 0 spiro atoms. The highest BCUT2D eigenvalue weighted by molar-refractivity contribution is 6.39. The minimum Gasteiger partial charge on any atom is -0.497 e. The van der Waals surface area contributed by atoms with Gasteiger partial charge in [-0.05, 0) is 18.2 Å². The van der Waals surface area contributed by atoms with Crippen molar-refractivity contribution >= 4 is 29.6 Å². The van der Waals surface area contributed by atoms with Crippen molar-refractivity contribution in [2.75, 3.05) is 33.3 Å². The number of amides is 4. The van der Waals surface area contributed by atoms with Crippen LogP contribution in [0.15, 0.2) is 42.0 Å². The molecule has 1 saturated heterocycles. The van der Waals surface area contributed by atoms with Gasteiger partial charge in [0.15, 0.2) is 0 Å². The van der Waals surface area contributed by atoms with Crippen molar-refractivity contribution in [3.05, 3.63) is 47.5 Å². The normalized spacial score (nSPS) is 15.1. The number of ether oxygens (including phenoxy) is 4. The van der Waals surface area contributed by atoms with E-state index < -0.39 is 17.8 Å². The summed E-state index contributed by atoms with van der Waals surface area (Å²) in [5, 5.41) is 2.18. The molecule has 0 bridgehead atoms. The third-order valence-electron chi connectivity index (χ3n) is 4.46. The first-order chi connectivity index (χ1) is 14.4. The Labute approximate surface area is 172 Å². The molecule has 1 aliphatic rings. The third-order valence-corrected chi connectivity index (χ3v) is 4.46. The second kappa shape index (κ2) is 8.56. The van der Waals surface area contributed by atoms with Crippen LogP contribution in [0.1, 0.15) is 5.56 Å². The minimum absolute atomic E-state index is 0.254. The number of hydrogen-bond acceptors (Lipinski definition) is 7. The molecule has 1 fully saturated rings. The summed E-state index contributed by atoms with van der Waals surface area (Å²) in [5.74, 6) is -0.0539. The number of benzene rings is 2. The Morgan fingerprint density at radius 1 is 0.833 bits per heavy atom. The van der Waals surface area contributed by atoms with E-state index in [0.717, 1.165) is 4.90 Å². The Hall–Kier alpha value is -4.01. The Kier molecular flexibility index (Phi) is 5.91. The smallest absolute Gasteiger partial charge is 0.335 e. The molecule has 3 rings (SSSR count). The third kappa shape index (κ3) is 3.77. The van der Waals surface area contributed by atoms with Crippen molar-refractivity contribution in [2.24, 2.45) is 0 Å². The first-order valence-corrected chi connectivity index (χ1v) is 8.79. The summed E-state index contributed by atoms with van der Waals surface area (Å²) in [6, 6.07) is 8.69. The van der Waals surface area contributed by atoms with Crippen LogP contribution < -0.4 is 29.2 Å². The van der Waals surface area contributed by atoms with E-state index in [-0.39, 0.29) is 11.3 Å². The van der Waals surface area contributed by atoms with Crippen LogP contribution in [0.25, 0.3) is 6.08 Å². The topological polar surface area (TPSA) is 103 Å². The zero-order chi connectivity index (χ0) is 21.8. The van der Waals surface area contributed by atoms with Crippen LogP contribution in [0.4, 0.5) is 10.5 Å². The molecular formula is C21H20N2O7. The molecule has 1 heterocycles. The number of nitrogens with zero attached hydrogens (tertiary/aromatic N) is 1. The summed E-state index contributed by atoms with van der Waals surface area (Å²) in [4.78, 5) is 38.8. The molecule has 9 heteroatoms. The highest BCUT2D eigenvalue weighted by Gasteiger charge is 2.37. The first kappa shape index (κ1) is 20.7. The fourth-order valence-electron chi connectivity index (χ4n) is 2.96. The summed E-state index contributed by atoms with van der Waals surface area (Å²) in [6.07, 6.45) is 1.31. The Balaban J connectivity index is 2.11. The number of barbiturate groups is 1. The summed E-state index contributed by atoms with van der Waals surface area (Å²) >= 11 is 0. The predicted molar refractivity (Wildman–Crippen MR) is 108 cm³/mol. The number of carbonyl (C=O) groups excluding carboxylic acids is 3. The lowest BCUT2D eigenvalue weighted by atomic mass is 10.0. The molecule has 0 aromatic heterocycles. The van der Waals surface area contributed by atoms with Gasteiger partial charge >= 0.3 is 6.03 Å². The van der Waals surface area contributed by atoms with Gasteiger partial charge < -0.3 is 18.9 Å². The molecule has 4 amide bonds. The van der Waals surface area contributed by atoms with Crippen LogP contribution >= 0.6 is 0 Å². The Morgan fingerprint density at radius 3 is 2.03 bits per heavy atom. The Morgan fingerprint density at radius 2 is 1.47 bits per heavy atom. The van der Waals surface area contributed by atoms with E-state index in [9.17, 15) is 14.4 Å². The SMILES string of the molecule is COc1cccc(N2C(=O)NC(=O)/C(=C\c3c(OC)cc(OC)cc3OC)C2=O)c1. The van der Waals surface area contributed by atoms with Crippen LogP contribution in [0.3, 0.4) is 0 Å². The van der Waals surface area contributed by atoms with Crippen molar-refractivity contribution in [3.8, 4) is 23.0 Å². The van der Waals surface area contributed by atoms with Crippen molar-refractivity contribution in [1.82, 2.24) is 5.32 Å². The molecule has 0 radical (unpaired) electrons. The highest BCUT2D eigenvalue weighted by atomic mass is 16.5. The molecule has 2 aromatic rings. The van der Waals surface area contributed by atoms with Crippen molar-refractivity contribution in [3.63, 3.8) is 0 Å². The number of hydrogen-bond donors (Lipinski definition) is 1. The van der Waals surface area contributed by atoms with E-state index in [0.29, 0.717) is 28.6 Å². The maximum atomic E-state index is 13.1. The molecule has 2 aromatic carbocycles. The average molecular weight is 412 g/mol. The van der Waals surface area contributed by atoms with E-state index in [1.165, 1.54) is 40.6 Å². The lowest BCUT2D eigenvalue weighted by molar-refractivity contribution is -0.122. The maximum absolute atomic E-state index is 13.1. The van der Waals surface area contributed by atoms with Gasteiger partial charge in [0.2, 0.25) is 0 Å². The van der Waals surface area contributed by atoms with Gasteiger partial charge in [0.05, 0.1) is 39.7 Å². The number of carbonyl (C=O) groups is 3. The van der Waals surface area contributed by atoms with Crippen LogP contribution in [-0.2, 0) is 9.59 Å². The monoisotopic (exact) mass is 412 g/mol. The van der Waals surface area contributed by atoms with Gasteiger partial charge in [-0.15, -0.1) is 0 Å². The second-order valence-corrected chi connectivity index (χ2v) is 6.10. The number of methoxy groups -OCH3 is 4. The van der Waals surface area contributed by atoms with E-state index in [2.05, 4.69) is 5.32 Å². The predicted octanol–water partition coefficient (Wildman–Crippen LogP) is 2.39. The minimum atomic E-state index is -0.857. The summed E-state index contributed by atoms with van der Waals surface area (Å²) in [7, 11) is 5.83. The molecule has 9 nitrogen and oxygen atoms in total. The van der Waals surface area contributed by atoms with Crippen molar-refractivity contribution in [2.45, 2.75) is 0 Å². The molecule has 156 valence electrons. The molecule has 0 aliphatic carbocycles. The molecule has 0 unspecified atom stereocenters. The van der Waals surface area contributed by atoms with Gasteiger partial charge in [-0.2, -0.15) is 0 Å². The van der Waals surface area contributed by atoms with Gasteiger partial charge in [0, 0.05) is 18.2 Å². The molecule has 0 saturated carbocycles. The van der Waals surface area contributed by atoms with Crippen molar-refractivity contribution < 1.29 is 33.3 Å². The number of anilines is 1. The average Bonchev–Trinajstić information content (AvgIpc) is 2.76. The van der Waals surface area contributed by atoms with Crippen LogP contribution in [0, 0.1) is 0 Å². The summed E-state index contributed by atoms with van der Waals surface area (Å²) < 4.78 is 21.1. The van der Waals surface area contributed by atoms with E-state index in [1.54, 1.807) is 30.3 Å². The summed E-state index contributed by atoms with van der Waals surface area (Å²) in [5.41, 5.74) is 0.335.